The Labute approximate surface area is 235 Å². The van der Waals surface area contributed by atoms with Crippen molar-refractivity contribution in [3.05, 3.63) is 89.7 Å². The Bertz CT molecular complexity index is 1380. The van der Waals surface area contributed by atoms with Gasteiger partial charge in [0, 0.05) is 13.1 Å². The van der Waals surface area contributed by atoms with Crippen LogP contribution in [0.2, 0.25) is 0 Å². The molecule has 1 atom stereocenters. The maximum atomic E-state index is 14.0. The van der Waals surface area contributed by atoms with Gasteiger partial charge in [0.2, 0.25) is 11.8 Å². The Morgan fingerprint density at radius 1 is 0.950 bits per heavy atom. The smallest absolute Gasteiger partial charge is 0.264 e. The van der Waals surface area contributed by atoms with Crippen LogP contribution in [0.4, 0.5) is 10.1 Å². The Morgan fingerprint density at radius 2 is 1.57 bits per heavy atom. The maximum Gasteiger partial charge on any atom is 0.264 e. The number of hydrogen-bond acceptors (Lipinski definition) is 5. The van der Waals surface area contributed by atoms with Crippen LogP contribution in [0, 0.1) is 12.7 Å². The van der Waals surface area contributed by atoms with Crippen LogP contribution >= 0.6 is 0 Å². The van der Waals surface area contributed by atoms with Crippen molar-refractivity contribution in [1.82, 2.24) is 10.2 Å². The third-order valence-corrected chi connectivity index (χ3v) is 8.24. The number of sulfonamides is 1. The highest BCUT2D eigenvalue weighted by Crippen LogP contribution is 2.26. The van der Waals surface area contributed by atoms with E-state index in [1.165, 1.54) is 48.4 Å². The lowest BCUT2D eigenvalue weighted by Crippen LogP contribution is -2.52. The number of methoxy groups -OCH3 is 1. The molecule has 0 saturated carbocycles. The van der Waals surface area contributed by atoms with E-state index in [9.17, 15) is 22.4 Å². The van der Waals surface area contributed by atoms with Crippen molar-refractivity contribution >= 4 is 27.5 Å². The van der Waals surface area contributed by atoms with Crippen molar-refractivity contribution in [3.8, 4) is 5.75 Å². The summed E-state index contributed by atoms with van der Waals surface area (Å²) in [5, 5.41) is 2.85. The normalized spacial score (nSPS) is 11.9. The second kappa shape index (κ2) is 13.9. The number of benzene rings is 3. The van der Waals surface area contributed by atoms with Crippen LogP contribution in [-0.2, 0) is 26.2 Å². The summed E-state index contributed by atoms with van der Waals surface area (Å²) in [6.45, 7) is 5.65. The number of carbonyl (C=O) groups excluding carboxylic acids is 2. The lowest BCUT2D eigenvalue weighted by atomic mass is 10.1. The van der Waals surface area contributed by atoms with E-state index in [1.54, 1.807) is 6.92 Å². The monoisotopic (exact) mass is 569 g/mol. The van der Waals surface area contributed by atoms with Gasteiger partial charge in [-0.1, -0.05) is 43.7 Å². The summed E-state index contributed by atoms with van der Waals surface area (Å²) < 4.78 is 47.5. The Kier molecular flexibility index (Phi) is 10.7. The zero-order chi connectivity index (χ0) is 29.3. The number of anilines is 1. The fourth-order valence-corrected chi connectivity index (χ4v) is 5.60. The molecule has 214 valence electrons. The zero-order valence-electron chi connectivity index (χ0n) is 23.3. The van der Waals surface area contributed by atoms with Crippen LogP contribution in [-0.4, -0.2) is 51.4 Å². The first-order valence-electron chi connectivity index (χ1n) is 13.2. The minimum Gasteiger partial charge on any atom is -0.497 e. The first kappa shape index (κ1) is 30.6. The van der Waals surface area contributed by atoms with Gasteiger partial charge in [0.25, 0.3) is 10.0 Å². The molecule has 0 bridgehead atoms. The van der Waals surface area contributed by atoms with E-state index >= 15 is 0 Å². The van der Waals surface area contributed by atoms with E-state index in [0.29, 0.717) is 18.7 Å². The molecule has 40 heavy (non-hydrogen) atoms. The van der Waals surface area contributed by atoms with Gasteiger partial charge in [-0.15, -0.1) is 0 Å². The molecule has 0 unspecified atom stereocenters. The van der Waals surface area contributed by atoms with E-state index in [2.05, 4.69) is 5.32 Å². The van der Waals surface area contributed by atoms with Crippen molar-refractivity contribution in [3.63, 3.8) is 0 Å². The summed E-state index contributed by atoms with van der Waals surface area (Å²) in [7, 11) is -2.79. The molecule has 0 radical (unpaired) electrons. The molecular formula is C30H36FN3O5S. The fraction of sp³-hybridized carbons (Fsp3) is 0.333. The average Bonchev–Trinajstić information content (AvgIpc) is 2.96. The number of nitrogens with one attached hydrogen (secondary N) is 1. The Balaban J connectivity index is 2.04. The summed E-state index contributed by atoms with van der Waals surface area (Å²) in [4.78, 5) is 28.4. The molecule has 0 heterocycles. The van der Waals surface area contributed by atoms with E-state index in [4.69, 9.17) is 4.74 Å². The third kappa shape index (κ3) is 7.59. The summed E-state index contributed by atoms with van der Waals surface area (Å²) >= 11 is 0. The summed E-state index contributed by atoms with van der Waals surface area (Å²) in [6, 6.07) is 17.4. The lowest BCUT2D eigenvalue weighted by molar-refractivity contribution is -0.140. The fourth-order valence-electron chi connectivity index (χ4n) is 4.19. The maximum absolute atomic E-state index is 14.0. The summed E-state index contributed by atoms with van der Waals surface area (Å²) in [5.74, 6) is -0.954. The molecule has 0 aliphatic heterocycles. The van der Waals surface area contributed by atoms with Crippen LogP contribution in [0.1, 0.15) is 37.8 Å². The van der Waals surface area contributed by atoms with Gasteiger partial charge < -0.3 is 15.0 Å². The highest BCUT2D eigenvalue weighted by atomic mass is 32.2. The average molecular weight is 570 g/mol. The lowest BCUT2D eigenvalue weighted by Gasteiger charge is -2.33. The van der Waals surface area contributed by atoms with Crippen LogP contribution in [0.25, 0.3) is 0 Å². The number of halogens is 1. The second-order valence-corrected chi connectivity index (χ2v) is 11.2. The SMILES string of the molecule is CCCNC(=O)[C@H](CC)N(Cc1ccc(C)cc1)C(=O)CN(c1ccc(F)cc1)S(=O)(=O)c1ccc(OC)cc1. The molecule has 8 nitrogen and oxygen atoms in total. The predicted molar refractivity (Wildman–Crippen MR) is 153 cm³/mol. The number of rotatable bonds is 13. The van der Waals surface area contributed by atoms with Gasteiger partial charge in [-0.25, -0.2) is 12.8 Å². The molecule has 0 fully saturated rings. The van der Waals surface area contributed by atoms with Gasteiger partial charge in [-0.2, -0.15) is 0 Å². The van der Waals surface area contributed by atoms with Gasteiger partial charge in [-0.3, -0.25) is 13.9 Å². The van der Waals surface area contributed by atoms with Crippen LogP contribution in [0.15, 0.2) is 77.7 Å². The molecule has 2 amide bonds. The van der Waals surface area contributed by atoms with Crippen molar-refractivity contribution in [2.75, 3.05) is 24.5 Å². The van der Waals surface area contributed by atoms with Crippen molar-refractivity contribution in [2.24, 2.45) is 0 Å². The molecule has 0 aliphatic carbocycles. The predicted octanol–water partition coefficient (Wildman–Crippen LogP) is 4.67. The van der Waals surface area contributed by atoms with Crippen LogP contribution in [0.3, 0.4) is 0 Å². The van der Waals surface area contributed by atoms with Gasteiger partial charge in [0.05, 0.1) is 17.7 Å². The van der Waals surface area contributed by atoms with E-state index < -0.39 is 34.3 Å². The van der Waals surface area contributed by atoms with Crippen molar-refractivity contribution in [1.29, 1.82) is 0 Å². The number of hydrogen-bond donors (Lipinski definition) is 1. The Morgan fingerprint density at radius 3 is 2.12 bits per heavy atom. The van der Waals surface area contributed by atoms with E-state index in [1.807, 2.05) is 38.1 Å². The van der Waals surface area contributed by atoms with Crippen LogP contribution < -0.4 is 14.4 Å². The van der Waals surface area contributed by atoms with E-state index in [0.717, 1.165) is 34.0 Å². The molecule has 0 aliphatic rings. The van der Waals surface area contributed by atoms with Gasteiger partial charge in [0.15, 0.2) is 0 Å². The van der Waals surface area contributed by atoms with Gasteiger partial charge >= 0.3 is 0 Å². The first-order chi connectivity index (χ1) is 19.1. The molecule has 10 heteroatoms. The standard InChI is InChI=1S/C30H36FN3O5S/c1-5-19-32-30(36)28(6-2)33(20-23-9-7-22(3)8-10-23)29(35)21-34(25-13-11-24(31)12-14-25)40(37,38)27-17-15-26(39-4)16-18-27/h7-18,28H,5-6,19-21H2,1-4H3,(H,32,36)/t28-/m0/s1. The van der Waals surface area contributed by atoms with E-state index in [-0.39, 0.29) is 23.0 Å². The first-order valence-corrected chi connectivity index (χ1v) is 14.6. The molecular weight excluding hydrogens is 533 g/mol. The molecule has 0 saturated heterocycles. The van der Waals surface area contributed by atoms with Crippen LogP contribution in [0.5, 0.6) is 5.75 Å². The topological polar surface area (TPSA) is 96.0 Å². The summed E-state index contributed by atoms with van der Waals surface area (Å²) in [6.07, 6.45) is 1.06. The third-order valence-electron chi connectivity index (χ3n) is 6.45. The minimum absolute atomic E-state index is 0.0664. The van der Waals surface area contributed by atoms with Crippen molar-refractivity contribution in [2.45, 2.75) is 51.1 Å². The summed E-state index contributed by atoms with van der Waals surface area (Å²) in [5.41, 5.74) is 1.96. The molecule has 0 aromatic heterocycles. The molecule has 1 N–H and O–H groups in total. The number of amides is 2. The van der Waals surface area contributed by atoms with Gasteiger partial charge in [0.1, 0.15) is 24.2 Å². The molecule has 3 rings (SSSR count). The second-order valence-electron chi connectivity index (χ2n) is 9.39. The zero-order valence-corrected chi connectivity index (χ0v) is 24.1. The molecule has 3 aromatic rings. The molecule has 0 spiro atoms. The molecule has 3 aromatic carbocycles. The largest absolute Gasteiger partial charge is 0.497 e. The highest BCUT2D eigenvalue weighted by molar-refractivity contribution is 7.92. The highest BCUT2D eigenvalue weighted by Gasteiger charge is 2.33. The Hall–Kier alpha value is -3.92. The number of ether oxygens (including phenoxy) is 1. The minimum atomic E-state index is -4.26. The number of aryl methyl sites for hydroxylation is 1. The van der Waals surface area contributed by atoms with Crippen molar-refractivity contribution < 1.29 is 27.1 Å². The quantitative estimate of drug-likeness (QED) is 0.323. The number of nitrogens with zero attached hydrogens (tertiary/aromatic N) is 2. The van der Waals surface area contributed by atoms with Gasteiger partial charge in [-0.05, 0) is 73.9 Å². The number of carbonyl (C=O) groups is 2.